The van der Waals surface area contributed by atoms with Gasteiger partial charge in [0.25, 0.3) is 0 Å². The van der Waals surface area contributed by atoms with Gasteiger partial charge >= 0.3 is 11.8 Å². The number of amides is 2. The summed E-state index contributed by atoms with van der Waals surface area (Å²) < 4.78 is 0. The minimum absolute atomic E-state index is 0.279. The van der Waals surface area contributed by atoms with Gasteiger partial charge in [0.2, 0.25) is 0 Å². The van der Waals surface area contributed by atoms with E-state index in [1.165, 1.54) is 6.20 Å². The molecular formula is C14H10N4O2. The van der Waals surface area contributed by atoms with Crippen molar-refractivity contribution in [3.05, 3.63) is 54.2 Å². The van der Waals surface area contributed by atoms with E-state index in [0.717, 1.165) is 0 Å². The van der Waals surface area contributed by atoms with Crippen molar-refractivity contribution in [3.8, 4) is 6.07 Å². The van der Waals surface area contributed by atoms with Crippen LogP contribution in [0.5, 0.6) is 0 Å². The maximum atomic E-state index is 11.7. The van der Waals surface area contributed by atoms with Crippen molar-refractivity contribution >= 4 is 23.3 Å². The van der Waals surface area contributed by atoms with Crippen molar-refractivity contribution in [1.29, 1.82) is 5.26 Å². The molecule has 20 heavy (non-hydrogen) atoms. The van der Waals surface area contributed by atoms with E-state index in [0.29, 0.717) is 0 Å². The highest BCUT2D eigenvalue weighted by atomic mass is 16.2. The Labute approximate surface area is 115 Å². The molecule has 2 aromatic rings. The SMILES string of the molecule is N#Cc1ccccc1NC(=O)C(=O)Nc1ccccn1. The first-order valence-electron chi connectivity index (χ1n) is 5.73. The van der Waals surface area contributed by atoms with Gasteiger partial charge in [-0.05, 0) is 24.3 Å². The van der Waals surface area contributed by atoms with Crippen molar-refractivity contribution in [2.75, 3.05) is 10.6 Å². The van der Waals surface area contributed by atoms with E-state index in [9.17, 15) is 9.59 Å². The van der Waals surface area contributed by atoms with Crippen molar-refractivity contribution < 1.29 is 9.59 Å². The number of carbonyl (C=O) groups is 2. The summed E-state index contributed by atoms with van der Waals surface area (Å²) in [5.74, 6) is -1.43. The average molecular weight is 266 g/mol. The highest BCUT2D eigenvalue weighted by Crippen LogP contribution is 2.13. The molecule has 6 heteroatoms. The third-order valence-electron chi connectivity index (χ3n) is 2.41. The number of aromatic nitrogens is 1. The summed E-state index contributed by atoms with van der Waals surface area (Å²) in [5, 5.41) is 13.6. The number of benzene rings is 1. The number of nitriles is 1. The fourth-order valence-electron chi connectivity index (χ4n) is 1.48. The van der Waals surface area contributed by atoms with Crippen LogP contribution in [0.2, 0.25) is 0 Å². The van der Waals surface area contributed by atoms with Gasteiger partial charge in [-0.3, -0.25) is 9.59 Å². The minimum Gasteiger partial charge on any atom is -0.317 e. The first kappa shape index (κ1) is 13.2. The summed E-state index contributed by atoms with van der Waals surface area (Å²) in [7, 11) is 0. The van der Waals surface area contributed by atoms with Crippen LogP contribution in [0.25, 0.3) is 0 Å². The second-order valence-corrected chi connectivity index (χ2v) is 3.78. The number of pyridine rings is 1. The number of rotatable bonds is 2. The van der Waals surface area contributed by atoms with Crippen LogP contribution in [0.3, 0.4) is 0 Å². The molecule has 2 rings (SSSR count). The second-order valence-electron chi connectivity index (χ2n) is 3.78. The Bertz CT molecular complexity index is 677. The number of carbonyl (C=O) groups excluding carboxylic acids is 2. The minimum atomic E-state index is -0.863. The Morgan fingerprint density at radius 2 is 1.70 bits per heavy atom. The summed E-state index contributed by atoms with van der Waals surface area (Å²) in [6.45, 7) is 0. The van der Waals surface area contributed by atoms with Crippen LogP contribution in [0, 0.1) is 11.3 Å². The van der Waals surface area contributed by atoms with Gasteiger partial charge in [-0.1, -0.05) is 18.2 Å². The molecule has 6 nitrogen and oxygen atoms in total. The number of nitrogens with zero attached hydrogens (tertiary/aromatic N) is 2. The number of para-hydroxylation sites is 1. The number of hydrogen-bond donors (Lipinski definition) is 2. The van der Waals surface area contributed by atoms with Gasteiger partial charge in [0.1, 0.15) is 11.9 Å². The molecule has 1 aromatic heterocycles. The molecule has 0 aliphatic carbocycles. The maximum Gasteiger partial charge on any atom is 0.315 e. The van der Waals surface area contributed by atoms with Gasteiger partial charge in [0.15, 0.2) is 0 Å². The molecule has 0 bridgehead atoms. The quantitative estimate of drug-likeness (QED) is 0.806. The molecule has 1 heterocycles. The van der Waals surface area contributed by atoms with E-state index in [1.54, 1.807) is 42.5 Å². The molecule has 0 aliphatic rings. The molecule has 0 aliphatic heterocycles. The zero-order valence-corrected chi connectivity index (χ0v) is 10.3. The molecule has 2 N–H and O–H groups in total. The van der Waals surface area contributed by atoms with Crippen molar-refractivity contribution in [2.45, 2.75) is 0 Å². The van der Waals surface area contributed by atoms with E-state index in [2.05, 4.69) is 15.6 Å². The van der Waals surface area contributed by atoms with Crippen LogP contribution in [0.4, 0.5) is 11.5 Å². The summed E-state index contributed by atoms with van der Waals surface area (Å²) in [5.41, 5.74) is 0.572. The maximum absolute atomic E-state index is 11.7. The topological polar surface area (TPSA) is 94.9 Å². The predicted molar refractivity (Wildman–Crippen MR) is 72.7 cm³/mol. The van der Waals surface area contributed by atoms with Crippen LogP contribution in [-0.2, 0) is 9.59 Å². The van der Waals surface area contributed by atoms with Gasteiger partial charge in [0, 0.05) is 6.20 Å². The summed E-state index contributed by atoms with van der Waals surface area (Å²) in [6, 6.07) is 13.3. The van der Waals surface area contributed by atoms with Crippen LogP contribution in [-0.4, -0.2) is 16.8 Å². The fraction of sp³-hybridized carbons (Fsp3) is 0. The number of nitrogens with one attached hydrogen (secondary N) is 2. The summed E-state index contributed by atoms with van der Waals surface area (Å²) in [4.78, 5) is 27.3. The smallest absolute Gasteiger partial charge is 0.315 e. The molecule has 0 spiro atoms. The fourth-order valence-corrected chi connectivity index (χ4v) is 1.48. The van der Waals surface area contributed by atoms with Gasteiger partial charge in [-0.15, -0.1) is 0 Å². The van der Waals surface area contributed by atoms with Gasteiger partial charge in [-0.2, -0.15) is 5.26 Å². The van der Waals surface area contributed by atoms with Crippen molar-refractivity contribution in [3.63, 3.8) is 0 Å². The third kappa shape index (κ3) is 3.17. The lowest BCUT2D eigenvalue weighted by atomic mass is 10.2. The van der Waals surface area contributed by atoms with E-state index in [1.807, 2.05) is 6.07 Å². The van der Waals surface area contributed by atoms with E-state index in [-0.39, 0.29) is 17.1 Å². The van der Waals surface area contributed by atoms with E-state index < -0.39 is 11.8 Å². The molecule has 1 aromatic carbocycles. The second kappa shape index (κ2) is 6.11. The monoisotopic (exact) mass is 266 g/mol. The van der Waals surface area contributed by atoms with Gasteiger partial charge in [0.05, 0.1) is 11.3 Å². The predicted octanol–water partition coefficient (Wildman–Crippen LogP) is 1.53. The standard InChI is InChI=1S/C14H10N4O2/c15-9-10-5-1-2-6-11(10)17-13(19)14(20)18-12-7-3-4-8-16-12/h1-8H,(H,17,19)(H,16,18,20). The Balaban J connectivity index is 2.05. The molecule has 0 unspecified atom stereocenters. The zero-order valence-electron chi connectivity index (χ0n) is 10.3. The highest BCUT2D eigenvalue weighted by Gasteiger charge is 2.15. The summed E-state index contributed by atoms with van der Waals surface area (Å²) >= 11 is 0. The highest BCUT2D eigenvalue weighted by molar-refractivity contribution is 6.43. The van der Waals surface area contributed by atoms with Crippen LogP contribution >= 0.6 is 0 Å². The zero-order chi connectivity index (χ0) is 14.4. The first-order valence-corrected chi connectivity index (χ1v) is 5.73. The Kier molecular flexibility index (Phi) is 4.04. The van der Waals surface area contributed by atoms with E-state index >= 15 is 0 Å². The van der Waals surface area contributed by atoms with Gasteiger partial charge in [-0.25, -0.2) is 4.98 Å². The lowest BCUT2D eigenvalue weighted by molar-refractivity contribution is -0.133. The Morgan fingerprint density at radius 3 is 2.40 bits per heavy atom. The first-order chi connectivity index (χ1) is 9.70. The molecular weight excluding hydrogens is 256 g/mol. The average Bonchev–Trinajstić information content (AvgIpc) is 2.48. The number of hydrogen-bond acceptors (Lipinski definition) is 4. The normalized spacial score (nSPS) is 9.35. The van der Waals surface area contributed by atoms with Crippen molar-refractivity contribution in [2.24, 2.45) is 0 Å². The molecule has 0 saturated carbocycles. The lowest BCUT2D eigenvalue weighted by Crippen LogP contribution is -2.29. The largest absolute Gasteiger partial charge is 0.317 e. The molecule has 2 amide bonds. The van der Waals surface area contributed by atoms with Crippen LogP contribution < -0.4 is 10.6 Å². The summed E-state index contributed by atoms with van der Waals surface area (Å²) in [6.07, 6.45) is 1.50. The molecule has 0 fully saturated rings. The third-order valence-corrected chi connectivity index (χ3v) is 2.41. The molecule has 98 valence electrons. The Hall–Kier alpha value is -3.20. The van der Waals surface area contributed by atoms with E-state index in [4.69, 9.17) is 5.26 Å². The molecule has 0 radical (unpaired) electrons. The number of anilines is 2. The van der Waals surface area contributed by atoms with Crippen molar-refractivity contribution in [1.82, 2.24) is 4.98 Å². The van der Waals surface area contributed by atoms with Gasteiger partial charge < -0.3 is 10.6 Å². The van der Waals surface area contributed by atoms with Crippen LogP contribution in [0.1, 0.15) is 5.56 Å². The molecule has 0 atom stereocenters. The molecule has 0 saturated heterocycles. The lowest BCUT2D eigenvalue weighted by Gasteiger charge is -2.06. The van der Waals surface area contributed by atoms with Crippen LogP contribution in [0.15, 0.2) is 48.7 Å². The Morgan fingerprint density at radius 1 is 1.00 bits per heavy atom.